The minimum atomic E-state index is -5.06. The lowest BCUT2D eigenvalue weighted by molar-refractivity contribution is -0.185. The smallest absolute Gasteiger partial charge is 0.348 e. The van der Waals surface area contributed by atoms with Crippen LogP contribution in [0.5, 0.6) is 0 Å². The van der Waals surface area contributed by atoms with Crippen molar-refractivity contribution in [2.75, 3.05) is 39.3 Å². The zero-order valence-electron chi connectivity index (χ0n) is 14.2. The van der Waals surface area contributed by atoms with E-state index in [0.717, 1.165) is 6.42 Å². The van der Waals surface area contributed by atoms with E-state index in [0.29, 0.717) is 37.4 Å². The van der Waals surface area contributed by atoms with Crippen molar-refractivity contribution < 1.29 is 35.9 Å². The second kappa shape index (κ2) is 11.9. The number of alkyl halides is 6. The molecule has 0 aliphatic heterocycles. The van der Waals surface area contributed by atoms with Crippen molar-refractivity contribution in [1.29, 1.82) is 0 Å². The predicted molar refractivity (Wildman–Crippen MR) is 82.1 cm³/mol. The van der Waals surface area contributed by atoms with Crippen LogP contribution in [0.2, 0.25) is 0 Å². The molecule has 0 radical (unpaired) electrons. The minimum absolute atomic E-state index is 0.176. The van der Waals surface area contributed by atoms with E-state index in [2.05, 4.69) is 5.32 Å². The Morgan fingerprint density at radius 2 is 1.38 bits per heavy atom. The summed E-state index contributed by atoms with van der Waals surface area (Å²) in [6, 6.07) is 0. The van der Waals surface area contributed by atoms with Crippen LogP contribution in [-0.4, -0.2) is 68.3 Å². The van der Waals surface area contributed by atoms with Gasteiger partial charge in [0.15, 0.2) is 0 Å². The first-order chi connectivity index (χ1) is 12.0. The Morgan fingerprint density at radius 3 is 1.92 bits per heavy atom. The molecule has 0 aliphatic rings. The largest absolute Gasteiger partial charge is 0.471 e. The van der Waals surface area contributed by atoms with Gasteiger partial charge in [0.2, 0.25) is 0 Å². The van der Waals surface area contributed by atoms with Crippen molar-refractivity contribution >= 4 is 11.8 Å². The van der Waals surface area contributed by atoms with Gasteiger partial charge < -0.3 is 21.3 Å². The molecule has 0 atom stereocenters. The summed E-state index contributed by atoms with van der Waals surface area (Å²) >= 11 is 0. The highest BCUT2D eigenvalue weighted by molar-refractivity contribution is 5.82. The van der Waals surface area contributed by atoms with Crippen molar-refractivity contribution in [3.63, 3.8) is 0 Å². The van der Waals surface area contributed by atoms with E-state index in [-0.39, 0.29) is 13.0 Å². The Labute approximate surface area is 147 Å². The molecule has 0 saturated heterocycles. The van der Waals surface area contributed by atoms with Crippen molar-refractivity contribution in [2.45, 2.75) is 38.0 Å². The van der Waals surface area contributed by atoms with Crippen LogP contribution in [0.4, 0.5) is 26.3 Å². The topological polar surface area (TPSA) is 87.5 Å². The number of rotatable bonds is 12. The van der Waals surface area contributed by atoms with Gasteiger partial charge in [-0.25, -0.2) is 0 Å². The Morgan fingerprint density at radius 1 is 0.808 bits per heavy atom. The number of nitrogens with one attached hydrogen (secondary N) is 2. The summed E-state index contributed by atoms with van der Waals surface area (Å²) in [5.41, 5.74) is 5.30. The monoisotopic (exact) mass is 394 g/mol. The van der Waals surface area contributed by atoms with Crippen LogP contribution < -0.4 is 16.4 Å². The third-order valence-electron chi connectivity index (χ3n) is 3.27. The summed E-state index contributed by atoms with van der Waals surface area (Å²) in [6.07, 6.45) is -8.75. The standard InChI is InChI=1S/C14H24F6N4O2/c15-13(16,17)11(25)23-8-4-10-24(12(26)14(18,19)20)9-2-1-6-22-7-3-5-21/h22H,1-10,21H2,(H,23,25). The molecule has 12 heteroatoms. The fourth-order valence-corrected chi connectivity index (χ4v) is 1.97. The van der Waals surface area contributed by atoms with Gasteiger partial charge in [-0.05, 0) is 45.3 Å². The van der Waals surface area contributed by atoms with Crippen LogP contribution in [0.25, 0.3) is 0 Å². The van der Waals surface area contributed by atoms with Crippen LogP contribution in [0, 0.1) is 0 Å². The molecule has 6 nitrogen and oxygen atoms in total. The maximum absolute atomic E-state index is 12.6. The van der Waals surface area contributed by atoms with E-state index in [9.17, 15) is 35.9 Å². The molecule has 0 aromatic carbocycles. The molecule has 0 spiro atoms. The van der Waals surface area contributed by atoms with E-state index in [1.54, 1.807) is 5.32 Å². The molecular weight excluding hydrogens is 370 g/mol. The third-order valence-corrected chi connectivity index (χ3v) is 3.27. The van der Waals surface area contributed by atoms with Gasteiger partial charge in [0, 0.05) is 19.6 Å². The molecule has 2 amide bonds. The van der Waals surface area contributed by atoms with Gasteiger partial charge in [0.25, 0.3) is 0 Å². The lowest BCUT2D eigenvalue weighted by atomic mass is 10.2. The zero-order valence-corrected chi connectivity index (χ0v) is 14.2. The number of hydrogen-bond donors (Lipinski definition) is 3. The average Bonchev–Trinajstić information content (AvgIpc) is 2.53. The van der Waals surface area contributed by atoms with Gasteiger partial charge in [-0.1, -0.05) is 0 Å². The summed E-state index contributed by atoms with van der Waals surface area (Å²) in [5.74, 6) is -4.22. The van der Waals surface area contributed by atoms with Crippen molar-refractivity contribution in [1.82, 2.24) is 15.5 Å². The highest BCUT2D eigenvalue weighted by Crippen LogP contribution is 2.19. The van der Waals surface area contributed by atoms with Crippen LogP contribution in [-0.2, 0) is 9.59 Å². The first-order valence-corrected chi connectivity index (χ1v) is 8.12. The normalized spacial score (nSPS) is 12.1. The first kappa shape index (κ1) is 24.4. The molecule has 0 rings (SSSR count). The van der Waals surface area contributed by atoms with Gasteiger partial charge in [-0.2, -0.15) is 26.3 Å². The lowest BCUT2D eigenvalue weighted by Gasteiger charge is -2.24. The lowest BCUT2D eigenvalue weighted by Crippen LogP contribution is -2.43. The van der Waals surface area contributed by atoms with Gasteiger partial charge in [-0.15, -0.1) is 0 Å². The number of nitrogens with two attached hydrogens (primary N) is 1. The average molecular weight is 394 g/mol. The molecule has 0 aromatic rings. The van der Waals surface area contributed by atoms with Crippen LogP contribution in [0.15, 0.2) is 0 Å². The molecule has 0 aliphatic carbocycles. The summed E-state index contributed by atoms with van der Waals surface area (Å²) in [6.45, 7) is 0.684. The highest BCUT2D eigenvalue weighted by atomic mass is 19.4. The number of carbonyl (C=O) groups is 2. The molecular formula is C14H24F6N4O2. The van der Waals surface area contributed by atoms with Crippen LogP contribution in [0.3, 0.4) is 0 Å². The predicted octanol–water partition coefficient (Wildman–Crippen LogP) is 1.16. The Balaban J connectivity index is 4.28. The van der Waals surface area contributed by atoms with Crippen molar-refractivity contribution in [2.24, 2.45) is 5.73 Å². The molecule has 0 fully saturated rings. The summed E-state index contributed by atoms with van der Waals surface area (Å²) in [7, 11) is 0. The first-order valence-electron chi connectivity index (χ1n) is 8.12. The van der Waals surface area contributed by atoms with Gasteiger partial charge in [0.05, 0.1) is 0 Å². The van der Waals surface area contributed by atoms with Gasteiger partial charge in [0.1, 0.15) is 0 Å². The number of carbonyl (C=O) groups excluding carboxylic acids is 2. The zero-order chi connectivity index (χ0) is 20.2. The molecule has 154 valence electrons. The number of amides is 2. The van der Waals surface area contributed by atoms with E-state index in [1.165, 1.54) is 0 Å². The summed E-state index contributed by atoms with van der Waals surface area (Å²) < 4.78 is 73.7. The van der Waals surface area contributed by atoms with E-state index < -0.39 is 37.3 Å². The van der Waals surface area contributed by atoms with Crippen LogP contribution in [0.1, 0.15) is 25.7 Å². The van der Waals surface area contributed by atoms with Crippen molar-refractivity contribution in [3.05, 3.63) is 0 Å². The Kier molecular flexibility index (Phi) is 11.2. The fraction of sp³-hybridized carbons (Fsp3) is 0.857. The second-order valence-corrected chi connectivity index (χ2v) is 5.50. The highest BCUT2D eigenvalue weighted by Gasteiger charge is 2.42. The van der Waals surface area contributed by atoms with E-state index in [1.807, 2.05) is 0 Å². The SMILES string of the molecule is NCCCNCCCCN(CCCNC(=O)C(F)(F)F)C(=O)C(F)(F)F. The maximum Gasteiger partial charge on any atom is 0.471 e. The summed E-state index contributed by atoms with van der Waals surface area (Å²) in [4.78, 5) is 22.5. The van der Waals surface area contributed by atoms with Crippen LogP contribution >= 0.6 is 0 Å². The molecule has 0 aromatic heterocycles. The molecule has 0 unspecified atom stereocenters. The maximum atomic E-state index is 12.6. The van der Waals surface area contributed by atoms with E-state index >= 15 is 0 Å². The Hall–Kier alpha value is -1.56. The number of unbranched alkanes of at least 4 members (excludes halogenated alkanes) is 1. The summed E-state index contributed by atoms with van der Waals surface area (Å²) in [5, 5.41) is 4.59. The number of hydrogen-bond acceptors (Lipinski definition) is 4. The fourth-order valence-electron chi connectivity index (χ4n) is 1.97. The Bertz CT molecular complexity index is 429. The molecule has 0 saturated carbocycles. The molecule has 26 heavy (non-hydrogen) atoms. The van der Waals surface area contributed by atoms with Gasteiger partial charge in [-0.3, -0.25) is 9.59 Å². The molecule has 0 heterocycles. The van der Waals surface area contributed by atoms with E-state index in [4.69, 9.17) is 5.73 Å². The minimum Gasteiger partial charge on any atom is -0.348 e. The third kappa shape index (κ3) is 11.1. The quantitative estimate of drug-likeness (QED) is 0.343. The molecule has 0 bridgehead atoms. The number of nitrogens with zero attached hydrogens (tertiary/aromatic N) is 1. The van der Waals surface area contributed by atoms with Gasteiger partial charge >= 0.3 is 24.2 Å². The second-order valence-electron chi connectivity index (χ2n) is 5.50. The number of halogens is 6. The molecule has 4 N–H and O–H groups in total. The van der Waals surface area contributed by atoms with Crippen molar-refractivity contribution in [3.8, 4) is 0 Å².